The first-order chi connectivity index (χ1) is 7.43. The number of fused-ring (bicyclic) bond motifs is 1. The van der Waals surface area contributed by atoms with Gasteiger partial charge in [-0.25, -0.2) is 0 Å². The summed E-state index contributed by atoms with van der Waals surface area (Å²) >= 11 is 0. The van der Waals surface area contributed by atoms with E-state index in [1.807, 2.05) is 0 Å². The molecule has 15 heavy (non-hydrogen) atoms. The second-order valence-electron chi connectivity index (χ2n) is 4.43. The Kier molecular flexibility index (Phi) is 2.46. The van der Waals surface area contributed by atoms with E-state index >= 15 is 0 Å². The molecule has 0 bridgehead atoms. The van der Waals surface area contributed by atoms with Crippen molar-refractivity contribution >= 4 is 0 Å². The van der Waals surface area contributed by atoms with Gasteiger partial charge in [0.2, 0.25) is 0 Å². The van der Waals surface area contributed by atoms with Crippen LogP contribution < -0.4 is 5.32 Å². The van der Waals surface area contributed by atoms with E-state index in [9.17, 15) is 0 Å². The number of hydrogen-bond donors (Lipinski definition) is 1. The molecule has 0 atom stereocenters. The molecule has 0 saturated carbocycles. The van der Waals surface area contributed by atoms with Crippen LogP contribution in [0.5, 0.6) is 0 Å². The summed E-state index contributed by atoms with van der Waals surface area (Å²) in [7, 11) is 0. The fraction of sp³-hybridized carbons (Fsp3) is 0.727. The van der Waals surface area contributed by atoms with Crippen molar-refractivity contribution in [1.82, 2.24) is 15.4 Å². The average molecular weight is 207 g/mol. The standard InChI is InChI=1S/C11H17N3O/c1-2-5-14(4-1)6-3-11-9-7-12-8-10(9)13-15-11/h12H,1-8H2. The lowest BCUT2D eigenvalue weighted by atomic mass is 10.2. The summed E-state index contributed by atoms with van der Waals surface area (Å²) in [6, 6.07) is 0. The summed E-state index contributed by atoms with van der Waals surface area (Å²) in [6.07, 6.45) is 3.73. The van der Waals surface area contributed by atoms with E-state index in [4.69, 9.17) is 4.52 Å². The summed E-state index contributed by atoms with van der Waals surface area (Å²) in [6.45, 7) is 5.46. The zero-order valence-corrected chi connectivity index (χ0v) is 8.96. The monoisotopic (exact) mass is 207 g/mol. The molecule has 2 aliphatic rings. The van der Waals surface area contributed by atoms with Gasteiger partial charge in [-0.05, 0) is 25.9 Å². The zero-order valence-electron chi connectivity index (χ0n) is 8.96. The molecule has 1 aromatic rings. The molecule has 0 amide bonds. The van der Waals surface area contributed by atoms with Crippen LogP contribution in [0, 0.1) is 0 Å². The van der Waals surface area contributed by atoms with Gasteiger partial charge in [-0.3, -0.25) is 0 Å². The van der Waals surface area contributed by atoms with Gasteiger partial charge in [0, 0.05) is 31.6 Å². The lowest BCUT2D eigenvalue weighted by molar-refractivity contribution is 0.311. The highest BCUT2D eigenvalue weighted by Gasteiger charge is 2.21. The molecule has 4 heteroatoms. The van der Waals surface area contributed by atoms with E-state index in [1.165, 1.54) is 31.5 Å². The van der Waals surface area contributed by atoms with Crippen LogP contribution in [0.25, 0.3) is 0 Å². The summed E-state index contributed by atoms with van der Waals surface area (Å²) in [5.41, 5.74) is 2.43. The molecular formula is C11H17N3O. The van der Waals surface area contributed by atoms with Crippen molar-refractivity contribution in [3.8, 4) is 0 Å². The second kappa shape index (κ2) is 3.94. The minimum absolute atomic E-state index is 0.878. The van der Waals surface area contributed by atoms with Crippen molar-refractivity contribution < 1.29 is 4.52 Å². The number of aromatic nitrogens is 1. The van der Waals surface area contributed by atoms with E-state index in [1.54, 1.807) is 0 Å². The maximum absolute atomic E-state index is 5.38. The van der Waals surface area contributed by atoms with E-state index in [2.05, 4.69) is 15.4 Å². The largest absolute Gasteiger partial charge is 0.361 e. The molecule has 1 saturated heterocycles. The first-order valence-corrected chi connectivity index (χ1v) is 5.83. The van der Waals surface area contributed by atoms with Gasteiger partial charge in [-0.2, -0.15) is 0 Å². The van der Waals surface area contributed by atoms with Gasteiger partial charge in [0.05, 0.1) is 0 Å². The summed E-state index contributed by atoms with van der Waals surface area (Å²) in [5.74, 6) is 1.10. The minimum atomic E-state index is 0.878. The smallest absolute Gasteiger partial charge is 0.142 e. The second-order valence-corrected chi connectivity index (χ2v) is 4.43. The lowest BCUT2D eigenvalue weighted by Crippen LogP contribution is -2.22. The molecule has 2 aliphatic heterocycles. The molecule has 1 fully saturated rings. The molecule has 1 N–H and O–H groups in total. The predicted molar refractivity (Wildman–Crippen MR) is 56.4 cm³/mol. The van der Waals surface area contributed by atoms with E-state index in [-0.39, 0.29) is 0 Å². The molecule has 3 rings (SSSR count). The molecular weight excluding hydrogens is 190 g/mol. The van der Waals surface area contributed by atoms with E-state index in [0.717, 1.165) is 37.5 Å². The molecule has 82 valence electrons. The Labute approximate surface area is 89.6 Å². The first-order valence-electron chi connectivity index (χ1n) is 5.83. The van der Waals surface area contributed by atoms with Crippen molar-refractivity contribution in [2.24, 2.45) is 0 Å². The third kappa shape index (κ3) is 1.79. The van der Waals surface area contributed by atoms with Crippen molar-refractivity contribution in [1.29, 1.82) is 0 Å². The zero-order chi connectivity index (χ0) is 10.1. The van der Waals surface area contributed by atoms with Crippen molar-refractivity contribution in [3.63, 3.8) is 0 Å². The molecule has 0 aliphatic carbocycles. The number of nitrogens with zero attached hydrogens (tertiary/aromatic N) is 2. The normalized spacial score (nSPS) is 21.1. The number of nitrogens with one attached hydrogen (secondary N) is 1. The van der Waals surface area contributed by atoms with Crippen LogP contribution in [0.15, 0.2) is 4.52 Å². The fourth-order valence-electron chi connectivity index (χ4n) is 2.49. The first kappa shape index (κ1) is 9.36. The van der Waals surface area contributed by atoms with Crippen molar-refractivity contribution in [3.05, 3.63) is 17.0 Å². The maximum Gasteiger partial charge on any atom is 0.142 e. The quantitative estimate of drug-likeness (QED) is 0.800. The summed E-state index contributed by atoms with van der Waals surface area (Å²) < 4.78 is 5.38. The lowest BCUT2D eigenvalue weighted by Gasteiger charge is -2.12. The highest BCUT2D eigenvalue weighted by Crippen LogP contribution is 2.20. The number of likely N-dealkylation sites (tertiary alicyclic amines) is 1. The van der Waals surface area contributed by atoms with Crippen LogP contribution in [0.3, 0.4) is 0 Å². The SMILES string of the molecule is C1CCN(CCc2onc3c2CNC3)C1. The van der Waals surface area contributed by atoms with Gasteiger partial charge < -0.3 is 14.7 Å². The highest BCUT2D eigenvalue weighted by atomic mass is 16.5. The Morgan fingerprint density at radius 1 is 1.27 bits per heavy atom. The average Bonchev–Trinajstić information content (AvgIpc) is 2.93. The van der Waals surface area contributed by atoms with Crippen LogP contribution in [-0.4, -0.2) is 29.7 Å². The minimum Gasteiger partial charge on any atom is -0.361 e. The van der Waals surface area contributed by atoms with Crippen molar-refractivity contribution in [2.45, 2.75) is 32.4 Å². The van der Waals surface area contributed by atoms with Crippen LogP contribution >= 0.6 is 0 Å². The van der Waals surface area contributed by atoms with Crippen molar-refractivity contribution in [2.75, 3.05) is 19.6 Å². The third-order valence-corrected chi connectivity index (χ3v) is 3.40. The topological polar surface area (TPSA) is 41.3 Å². The molecule has 0 aromatic carbocycles. The van der Waals surface area contributed by atoms with Gasteiger partial charge in [0.1, 0.15) is 11.5 Å². The Bertz CT molecular complexity index is 342. The Balaban J connectivity index is 1.61. The number of rotatable bonds is 3. The van der Waals surface area contributed by atoms with Crippen LogP contribution in [0.1, 0.15) is 29.9 Å². The predicted octanol–water partition coefficient (Wildman–Crippen LogP) is 0.916. The van der Waals surface area contributed by atoms with Crippen LogP contribution in [-0.2, 0) is 19.5 Å². The molecule has 4 nitrogen and oxygen atoms in total. The third-order valence-electron chi connectivity index (χ3n) is 3.40. The highest BCUT2D eigenvalue weighted by molar-refractivity contribution is 5.26. The summed E-state index contributed by atoms with van der Waals surface area (Å²) in [4.78, 5) is 2.51. The van der Waals surface area contributed by atoms with Gasteiger partial charge >= 0.3 is 0 Å². The molecule has 0 spiro atoms. The molecule has 0 radical (unpaired) electrons. The molecule has 0 unspecified atom stereocenters. The number of hydrogen-bond acceptors (Lipinski definition) is 4. The van der Waals surface area contributed by atoms with E-state index in [0.29, 0.717) is 0 Å². The molecule has 1 aromatic heterocycles. The molecule has 3 heterocycles. The van der Waals surface area contributed by atoms with Gasteiger partial charge in [0.25, 0.3) is 0 Å². The fourth-order valence-corrected chi connectivity index (χ4v) is 2.49. The Morgan fingerprint density at radius 2 is 2.13 bits per heavy atom. The maximum atomic E-state index is 5.38. The van der Waals surface area contributed by atoms with Gasteiger partial charge in [0.15, 0.2) is 0 Å². The Morgan fingerprint density at radius 3 is 3.00 bits per heavy atom. The van der Waals surface area contributed by atoms with Crippen LogP contribution in [0.2, 0.25) is 0 Å². The van der Waals surface area contributed by atoms with Crippen LogP contribution in [0.4, 0.5) is 0 Å². The van der Waals surface area contributed by atoms with Gasteiger partial charge in [-0.1, -0.05) is 5.16 Å². The van der Waals surface area contributed by atoms with Gasteiger partial charge in [-0.15, -0.1) is 0 Å². The summed E-state index contributed by atoms with van der Waals surface area (Å²) in [5, 5.41) is 7.39. The van der Waals surface area contributed by atoms with E-state index < -0.39 is 0 Å². The Hall–Kier alpha value is -0.870.